The second-order valence-corrected chi connectivity index (χ2v) is 5.83. The van der Waals surface area contributed by atoms with Crippen LogP contribution in [0.5, 0.6) is 0 Å². The molecule has 3 nitrogen and oxygen atoms in total. The van der Waals surface area contributed by atoms with E-state index in [0.717, 1.165) is 5.69 Å². The van der Waals surface area contributed by atoms with Crippen molar-refractivity contribution in [2.24, 2.45) is 5.41 Å². The van der Waals surface area contributed by atoms with E-state index < -0.39 is 0 Å². The van der Waals surface area contributed by atoms with Gasteiger partial charge in [0.1, 0.15) is 6.17 Å². The lowest BCUT2D eigenvalue weighted by atomic mass is 9.90. The van der Waals surface area contributed by atoms with Crippen LogP contribution in [0, 0.1) is 5.41 Å². The number of hydrogen-bond acceptors (Lipinski definition) is 3. The van der Waals surface area contributed by atoms with Gasteiger partial charge in [0.25, 0.3) is 0 Å². The van der Waals surface area contributed by atoms with Gasteiger partial charge < -0.3 is 15.5 Å². The molecule has 0 spiro atoms. The van der Waals surface area contributed by atoms with E-state index in [4.69, 9.17) is 5.73 Å². The number of nitrogens with zero attached hydrogens (tertiary/aromatic N) is 2. The number of rotatable bonds is 0. The zero-order chi connectivity index (χ0) is 11.8. The van der Waals surface area contributed by atoms with E-state index in [1.807, 2.05) is 6.07 Å². The minimum Gasteiger partial charge on any atom is -0.399 e. The van der Waals surface area contributed by atoms with Crippen molar-refractivity contribution in [3.8, 4) is 0 Å². The molecule has 3 atom stereocenters. The molecule has 3 aliphatic rings. The molecule has 1 aliphatic carbocycles. The Morgan fingerprint density at radius 3 is 3.00 bits per heavy atom. The first-order chi connectivity index (χ1) is 8.11. The molecule has 0 aromatic heterocycles. The normalized spacial score (nSPS) is 36.6. The Morgan fingerprint density at radius 2 is 2.18 bits per heavy atom. The van der Waals surface area contributed by atoms with Crippen LogP contribution in [0.3, 0.4) is 0 Å². The standard InChI is InChI=1S/C14H17N3/c1-14-8-11(14)10-4-3-9(15)7-12(10)17-6-5-16(2)13(14)17/h3-7,11,13H,8,15H2,1-2H3/t11?,13-,14+/m1/s1. The first-order valence-corrected chi connectivity index (χ1v) is 6.19. The SMILES string of the molecule is CN1C=CN2c3cc(N)ccc3C3C[C@]3(C)[C@H]12. The second-order valence-electron chi connectivity index (χ2n) is 5.83. The van der Waals surface area contributed by atoms with Gasteiger partial charge in [0.2, 0.25) is 0 Å². The molecule has 0 radical (unpaired) electrons. The molecule has 1 aromatic carbocycles. The van der Waals surface area contributed by atoms with Gasteiger partial charge in [0, 0.05) is 36.2 Å². The predicted octanol–water partition coefficient (Wildman–Crippen LogP) is 2.33. The highest BCUT2D eigenvalue weighted by Crippen LogP contribution is 2.68. The van der Waals surface area contributed by atoms with Crippen molar-refractivity contribution in [3.05, 3.63) is 36.2 Å². The van der Waals surface area contributed by atoms with Crippen LogP contribution < -0.4 is 10.6 Å². The van der Waals surface area contributed by atoms with Crippen molar-refractivity contribution in [2.45, 2.75) is 25.4 Å². The molecule has 1 fully saturated rings. The lowest BCUT2D eigenvalue weighted by Gasteiger charge is -2.40. The molecule has 1 saturated carbocycles. The monoisotopic (exact) mass is 227 g/mol. The molecule has 3 heteroatoms. The lowest BCUT2D eigenvalue weighted by Crippen LogP contribution is -2.46. The average molecular weight is 227 g/mol. The third-order valence-electron chi connectivity index (χ3n) is 4.69. The molecule has 4 rings (SSSR count). The van der Waals surface area contributed by atoms with Gasteiger partial charge in [-0.15, -0.1) is 0 Å². The summed E-state index contributed by atoms with van der Waals surface area (Å²) in [7, 11) is 2.17. The fourth-order valence-electron chi connectivity index (χ4n) is 3.74. The van der Waals surface area contributed by atoms with Crippen LogP contribution in [0.4, 0.5) is 11.4 Å². The largest absolute Gasteiger partial charge is 0.399 e. The van der Waals surface area contributed by atoms with Crippen molar-refractivity contribution in [1.82, 2.24) is 4.90 Å². The maximum absolute atomic E-state index is 5.93. The summed E-state index contributed by atoms with van der Waals surface area (Å²) >= 11 is 0. The van der Waals surface area contributed by atoms with Gasteiger partial charge in [0.05, 0.1) is 0 Å². The summed E-state index contributed by atoms with van der Waals surface area (Å²) in [6.45, 7) is 2.40. The number of fused-ring (bicyclic) bond motifs is 6. The third-order valence-corrected chi connectivity index (χ3v) is 4.69. The van der Waals surface area contributed by atoms with Gasteiger partial charge in [-0.3, -0.25) is 0 Å². The average Bonchev–Trinajstić information content (AvgIpc) is 2.81. The van der Waals surface area contributed by atoms with E-state index in [1.165, 1.54) is 17.7 Å². The fourth-order valence-corrected chi connectivity index (χ4v) is 3.74. The third kappa shape index (κ3) is 0.978. The highest BCUT2D eigenvalue weighted by molar-refractivity contribution is 5.69. The first kappa shape index (κ1) is 9.40. The first-order valence-electron chi connectivity index (χ1n) is 6.19. The van der Waals surface area contributed by atoms with Crippen LogP contribution in [0.25, 0.3) is 0 Å². The number of benzene rings is 1. The van der Waals surface area contributed by atoms with Gasteiger partial charge in [-0.1, -0.05) is 13.0 Å². The van der Waals surface area contributed by atoms with Crippen LogP contribution >= 0.6 is 0 Å². The van der Waals surface area contributed by atoms with Crippen LogP contribution in [-0.4, -0.2) is 18.1 Å². The number of nitrogens with two attached hydrogens (primary N) is 1. The highest BCUT2D eigenvalue weighted by atomic mass is 15.4. The van der Waals surface area contributed by atoms with E-state index in [9.17, 15) is 0 Å². The van der Waals surface area contributed by atoms with Gasteiger partial charge in [0.15, 0.2) is 0 Å². The summed E-state index contributed by atoms with van der Waals surface area (Å²) in [6.07, 6.45) is 6.12. The van der Waals surface area contributed by atoms with Crippen molar-refractivity contribution in [3.63, 3.8) is 0 Å². The van der Waals surface area contributed by atoms with Crippen molar-refractivity contribution < 1.29 is 0 Å². The molecule has 2 N–H and O–H groups in total. The zero-order valence-electron chi connectivity index (χ0n) is 10.2. The summed E-state index contributed by atoms with van der Waals surface area (Å²) in [5, 5.41) is 0. The van der Waals surface area contributed by atoms with E-state index in [2.05, 4.69) is 48.3 Å². The Bertz CT molecular complexity index is 536. The minimum atomic E-state index is 0.404. The lowest BCUT2D eigenvalue weighted by molar-refractivity contribution is 0.239. The van der Waals surface area contributed by atoms with Crippen molar-refractivity contribution >= 4 is 11.4 Å². The fraction of sp³-hybridized carbons (Fsp3) is 0.429. The van der Waals surface area contributed by atoms with Crippen LogP contribution in [0.2, 0.25) is 0 Å². The van der Waals surface area contributed by atoms with Gasteiger partial charge in [-0.05, 0) is 30.0 Å². The summed E-state index contributed by atoms with van der Waals surface area (Å²) in [6, 6.07) is 6.36. The molecule has 1 aromatic rings. The molecule has 0 bridgehead atoms. The summed E-state index contributed by atoms with van der Waals surface area (Å²) in [5.74, 6) is 0.710. The molecule has 88 valence electrons. The Kier molecular flexibility index (Phi) is 1.44. The maximum atomic E-state index is 5.93. The molecule has 0 saturated heterocycles. The molecule has 1 unspecified atom stereocenters. The topological polar surface area (TPSA) is 32.5 Å². The number of anilines is 2. The van der Waals surface area contributed by atoms with E-state index in [-0.39, 0.29) is 0 Å². The van der Waals surface area contributed by atoms with Gasteiger partial charge >= 0.3 is 0 Å². The molecule has 17 heavy (non-hydrogen) atoms. The Labute approximate surface area is 102 Å². The van der Waals surface area contributed by atoms with Crippen LogP contribution in [0.1, 0.15) is 24.8 Å². The van der Waals surface area contributed by atoms with E-state index in [0.29, 0.717) is 17.5 Å². The number of nitrogen functional groups attached to an aromatic ring is 1. The quantitative estimate of drug-likeness (QED) is 0.690. The van der Waals surface area contributed by atoms with Crippen LogP contribution in [0.15, 0.2) is 30.6 Å². The van der Waals surface area contributed by atoms with Gasteiger partial charge in [-0.25, -0.2) is 0 Å². The Hall–Kier alpha value is -1.64. The zero-order valence-corrected chi connectivity index (χ0v) is 10.2. The Balaban J connectivity index is 1.93. The minimum absolute atomic E-state index is 0.404. The molecular formula is C14H17N3. The highest BCUT2D eigenvalue weighted by Gasteiger charge is 2.63. The molecule has 0 amide bonds. The van der Waals surface area contributed by atoms with Crippen molar-refractivity contribution in [2.75, 3.05) is 17.7 Å². The van der Waals surface area contributed by atoms with Crippen LogP contribution in [-0.2, 0) is 0 Å². The molecule has 2 aliphatic heterocycles. The summed E-state index contributed by atoms with van der Waals surface area (Å²) < 4.78 is 0. The summed E-state index contributed by atoms with van der Waals surface area (Å²) in [5.41, 5.74) is 9.96. The number of hydrogen-bond donors (Lipinski definition) is 1. The maximum Gasteiger partial charge on any atom is 0.111 e. The van der Waals surface area contributed by atoms with E-state index >= 15 is 0 Å². The molecule has 2 heterocycles. The summed E-state index contributed by atoms with van der Waals surface area (Å²) in [4.78, 5) is 4.71. The van der Waals surface area contributed by atoms with E-state index in [1.54, 1.807) is 0 Å². The molecular weight excluding hydrogens is 210 g/mol. The second kappa shape index (κ2) is 2.61. The predicted molar refractivity (Wildman–Crippen MR) is 69.5 cm³/mol. The van der Waals surface area contributed by atoms with Gasteiger partial charge in [-0.2, -0.15) is 0 Å². The van der Waals surface area contributed by atoms with Crippen molar-refractivity contribution in [1.29, 1.82) is 0 Å². The Morgan fingerprint density at radius 1 is 1.35 bits per heavy atom. The smallest absolute Gasteiger partial charge is 0.111 e.